The summed E-state index contributed by atoms with van der Waals surface area (Å²) < 4.78 is 0. The van der Waals surface area contributed by atoms with Gasteiger partial charge in [0.15, 0.2) is 0 Å². The largest absolute Gasteiger partial charge is 0.311 e. The third-order valence-corrected chi connectivity index (χ3v) is 5.17. The molecule has 0 bridgehead atoms. The highest BCUT2D eigenvalue weighted by atomic mass is 15.0. The Morgan fingerprint density at radius 3 is 2.33 bits per heavy atom. The lowest BCUT2D eigenvalue weighted by Crippen LogP contribution is -2.44. The summed E-state index contributed by atoms with van der Waals surface area (Å²) in [6, 6.07) is 1.52. The quantitative estimate of drug-likeness (QED) is 0.749. The number of rotatable bonds is 3. The van der Waals surface area contributed by atoms with Crippen molar-refractivity contribution in [1.82, 2.24) is 5.32 Å². The molecule has 2 rings (SSSR count). The highest BCUT2D eigenvalue weighted by Gasteiger charge is 2.43. The third kappa shape index (κ3) is 2.55. The van der Waals surface area contributed by atoms with Crippen LogP contribution in [0.1, 0.15) is 59.8 Å². The zero-order chi connectivity index (χ0) is 11.1. The zero-order valence-electron chi connectivity index (χ0n) is 10.8. The molecule has 2 aliphatic rings. The first kappa shape index (κ1) is 11.4. The molecule has 1 N–H and O–H groups in total. The van der Waals surface area contributed by atoms with Gasteiger partial charge in [0, 0.05) is 12.1 Å². The topological polar surface area (TPSA) is 12.0 Å². The van der Waals surface area contributed by atoms with E-state index in [-0.39, 0.29) is 0 Å². The van der Waals surface area contributed by atoms with E-state index >= 15 is 0 Å². The Morgan fingerprint density at radius 1 is 1.13 bits per heavy atom. The maximum absolute atomic E-state index is 3.87. The molecule has 4 unspecified atom stereocenters. The van der Waals surface area contributed by atoms with Crippen molar-refractivity contribution in [3.8, 4) is 0 Å². The summed E-state index contributed by atoms with van der Waals surface area (Å²) >= 11 is 0. The minimum absolute atomic E-state index is 0.631. The molecule has 2 saturated carbocycles. The van der Waals surface area contributed by atoms with Gasteiger partial charge < -0.3 is 5.32 Å². The molecule has 1 nitrogen and oxygen atoms in total. The van der Waals surface area contributed by atoms with Crippen LogP contribution in [-0.4, -0.2) is 12.1 Å². The van der Waals surface area contributed by atoms with Crippen molar-refractivity contribution in [3.63, 3.8) is 0 Å². The van der Waals surface area contributed by atoms with Crippen LogP contribution < -0.4 is 5.32 Å². The van der Waals surface area contributed by atoms with Crippen LogP contribution in [0.4, 0.5) is 0 Å². The van der Waals surface area contributed by atoms with E-state index in [1.54, 1.807) is 0 Å². The van der Waals surface area contributed by atoms with Gasteiger partial charge in [-0.25, -0.2) is 0 Å². The Morgan fingerprint density at radius 2 is 1.80 bits per heavy atom. The van der Waals surface area contributed by atoms with Crippen LogP contribution >= 0.6 is 0 Å². The van der Waals surface area contributed by atoms with E-state index in [4.69, 9.17) is 0 Å². The van der Waals surface area contributed by atoms with Gasteiger partial charge in [0.05, 0.1) is 0 Å². The SMILES string of the molecule is CC1CCC(NC(C)C2(C)CC2)CC1C. The Labute approximate surface area is 95.0 Å². The predicted molar refractivity (Wildman–Crippen MR) is 65.9 cm³/mol. The molecule has 2 fully saturated rings. The molecule has 0 spiro atoms. The Bertz CT molecular complexity index is 219. The van der Waals surface area contributed by atoms with Gasteiger partial charge in [0.2, 0.25) is 0 Å². The average molecular weight is 209 g/mol. The van der Waals surface area contributed by atoms with Gasteiger partial charge >= 0.3 is 0 Å². The Kier molecular flexibility index (Phi) is 3.12. The van der Waals surface area contributed by atoms with Gasteiger partial charge in [-0.3, -0.25) is 0 Å². The molecule has 0 radical (unpaired) electrons. The first-order chi connectivity index (χ1) is 7.01. The van der Waals surface area contributed by atoms with Crippen molar-refractivity contribution in [1.29, 1.82) is 0 Å². The van der Waals surface area contributed by atoms with Crippen molar-refractivity contribution in [2.24, 2.45) is 17.3 Å². The normalized spacial score (nSPS) is 41.2. The van der Waals surface area contributed by atoms with Crippen LogP contribution in [0.2, 0.25) is 0 Å². The van der Waals surface area contributed by atoms with E-state index in [2.05, 4.69) is 33.0 Å². The molecule has 0 saturated heterocycles. The Balaban J connectivity index is 1.80. The lowest BCUT2D eigenvalue weighted by molar-refractivity contribution is 0.202. The monoisotopic (exact) mass is 209 g/mol. The minimum atomic E-state index is 0.631. The van der Waals surface area contributed by atoms with Crippen LogP contribution in [0.5, 0.6) is 0 Å². The summed E-state index contributed by atoms with van der Waals surface area (Å²) in [5.41, 5.74) is 0.631. The maximum atomic E-state index is 3.87. The van der Waals surface area contributed by atoms with Crippen LogP contribution in [0.25, 0.3) is 0 Å². The summed E-state index contributed by atoms with van der Waals surface area (Å²) in [6.07, 6.45) is 7.06. The van der Waals surface area contributed by atoms with Gasteiger partial charge in [-0.1, -0.05) is 20.8 Å². The van der Waals surface area contributed by atoms with E-state index < -0.39 is 0 Å². The second kappa shape index (κ2) is 4.08. The average Bonchev–Trinajstić information content (AvgIpc) is 2.92. The third-order valence-electron chi connectivity index (χ3n) is 5.17. The second-order valence-electron chi connectivity index (χ2n) is 6.51. The molecular weight excluding hydrogens is 182 g/mol. The molecule has 0 aliphatic heterocycles. The molecule has 88 valence electrons. The molecule has 4 atom stereocenters. The standard InChI is InChI=1S/C14H27N/c1-10-5-6-13(9-11(10)2)15-12(3)14(4)7-8-14/h10-13,15H,5-9H2,1-4H3. The molecule has 2 aliphatic carbocycles. The fourth-order valence-corrected chi connectivity index (χ4v) is 2.88. The summed E-state index contributed by atoms with van der Waals surface area (Å²) in [7, 11) is 0. The number of nitrogens with one attached hydrogen (secondary N) is 1. The molecule has 0 aromatic rings. The minimum Gasteiger partial charge on any atom is -0.311 e. The molecule has 0 aromatic heterocycles. The lowest BCUT2D eigenvalue weighted by atomic mass is 9.78. The second-order valence-corrected chi connectivity index (χ2v) is 6.51. The van der Waals surface area contributed by atoms with Gasteiger partial charge in [-0.05, 0) is 56.3 Å². The van der Waals surface area contributed by atoms with Crippen molar-refractivity contribution >= 4 is 0 Å². The first-order valence-corrected chi connectivity index (χ1v) is 6.77. The summed E-state index contributed by atoms with van der Waals surface area (Å²) in [5.74, 6) is 1.85. The maximum Gasteiger partial charge on any atom is 0.00951 e. The predicted octanol–water partition coefficient (Wildman–Crippen LogP) is 3.59. The summed E-state index contributed by atoms with van der Waals surface area (Å²) in [5, 5.41) is 3.87. The zero-order valence-corrected chi connectivity index (χ0v) is 10.8. The van der Waals surface area contributed by atoms with Crippen molar-refractivity contribution in [2.45, 2.75) is 71.9 Å². The number of hydrogen-bond acceptors (Lipinski definition) is 1. The van der Waals surface area contributed by atoms with Crippen LogP contribution in [-0.2, 0) is 0 Å². The molecule has 1 heteroatoms. The molecule has 0 aromatic carbocycles. The summed E-state index contributed by atoms with van der Waals surface area (Å²) in [4.78, 5) is 0. The van der Waals surface area contributed by atoms with Gasteiger partial charge in [0.25, 0.3) is 0 Å². The van der Waals surface area contributed by atoms with Crippen LogP contribution in [0.3, 0.4) is 0 Å². The number of hydrogen-bond donors (Lipinski definition) is 1. The van der Waals surface area contributed by atoms with E-state index in [1.165, 1.54) is 32.1 Å². The van der Waals surface area contributed by atoms with Crippen LogP contribution in [0.15, 0.2) is 0 Å². The molecular formula is C14H27N. The first-order valence-electron chi connectivity index (χ1n) is 6.77. The fraction of sp³-hybridized carbons (Fsp3) is 1.00. The highest BCUT2D eigenvalue weighted by molar-refractivity contribution is 4.98. The molecule has 15 heavy (non-hydrogen) atoms. The van der Waals surface area contributed by atoms with E-state index in [0.717, 1.165) is 23.9 Å². The van der Waals surface area contributed by atoms with Gasteiger partial charge in [0.1, 0.15) is 0 Å². The smallest absolute Gasteiger partial charge is 0.00951 e. The van der Waals surface area contributed by atoms with E-state index in [0.29, 0.717) is 5.41 Å². The Hall–Kier alpha value is -0.0400. The highest BCUT2D eigenvalue weighted by Crippen LogP contribution is 2.48. The lowest BCUT2D eigenvalue weighted by Gasteiger charge is -2.35. The van der Waals surface area contributed by atoms with Crippen molar-refractivity contribution in [2.75, 3.05) is 0 Å². The molecule has 0 heterocycles. The fourth-order valence-electron chi connectivity index (χ4n) is 2.88. The van der Waals surface area contributed by atoms with Crippen LogP contribution in [0, 0.1) is 17.3 Å². The molecule has 0 amide bonds. The van der Waals surface area contributed by atoms with Crippen molar-refractivity contribution in [3.05, 3.63) is 0 Å². The van der Waals surface area contributed by atoms with Gasteiger partial charge in [-0.2, -0.15) is 0 Å². The summed E-state index contributed by atoms with van der Waals surface area (Å²) in [6.45, 7) is 9.64. The van der Waals surface area contributed by atoms with E-state index in [9.17, 15) is 0 Å². The van der Waals surface area contributed by atoms with Gasteiger partial charge in [-0.15, -0.1) is 0 Å². The van der Waals surface area contributed by atoms with E-state index in [1.807, 2.05) is 0 Å². The van der Waals surface area contributed by atoms with Crippen molar-refractivity contribution < 1.29 is 0 Å².